The van der Waals surface area contributed by atoms with Crippen molar-refractivity contribution in [1.82, 2.24) is 10.3 Å². The van der Waals surface area contributed by atoms with Crippen molar-refractivity contribution in [3.05, 3.63) is 59.2 Å². The van der Waals surface area contributed by atoms with Crippen LogP contribution < -0.4 is 10.3 Å². The molecule has 3 rings (SSSR count). The molecular formula is C19H20F2N2O4S. The summed E-state index contributed by atoms with van der Waals surface area (Å²) in [6.45, 7) is 2.12. The van der Waals surface area contributed by atoms with E-state index in [9.17, 15) is 22.0 Å². The Kier molecular flexibility index (Phi) is 6.07. The fourth-order valence-corrected chi connectivity index (χ4v) is 4.24. The third kappa shape index (κ3) is 4.54. The van der Waals surface area contributed by atoms with Gasteiger partial charge >= 0.3 is 0 Å². The molecule has 1 saturated heterocycles. The lowest BCUT2D eigenvalue weighted by molar-refractivity contribution is 0.0934. The van der Waals surface area contributed by atoms with Gasteiger partial charge in [-0.05, 0) is 60.7 Å². The average Bonchev–Trinajstić information content (AvgIpc) is 2.69. The number of carbonyl (C=O) groups excluding carboxylic acids is 1. The zero-order valence-corrected chi connectivity index (χ0v) is 16.0. The van der Waals surface area contributed by atoms with Crippen LogP contribution in [0.1, 0.15) is 28.8 Å². The Hall–Kier alpha value is -2.36. The van der Waals surface area contributed by atoms with Gasteiger partial charge in [-0.25, -0.2) is 17.2 Å². The average molecular weight is 410 g/mol. The summed E-state index contributed by atoms with van der Waals surface area (Å²) < 4.78 is 57.6. The molecule has 0 bridgehead atoms. The van der Waals surface area contributed by atoms with Crippen LogP contribution in [0.15, 0.2) is 36.4 Å². The molecule has 1 amide bonds. The Morgan fingerprint density at radius 3 is 2.50 bits per heavy atom. The molecule has 0 aromatic heterocycles. The van der Waals surface area contributed by atoms with E-state index in [0.29, 0.717) is 37.2 Å². The highest BCUT2D eigenvalue weighted by Gasteiger charge is 2.28. The minimum Gasteiger partial charge on any atom is -0.381 e. The Bertz CT molecular complexity index is 989. The number of hydrogen-bond acceptors (Lipinski definition) is 4. The molecule has 2 aromatic carbocycles. The predicted molar refractivity (Wildman–Crippen MR) is 99.9 cm³/mol. The van der Waals surface area contributed by atoms with E-state index in [1.54, 1.807) is 6.07 Å². The van der Waals surface area contributed by atoms with E-state index in [4.69, 9.17) is 4.74 Å². The maximum atomic E-state index is 14.5. The summed E-state index contributed by atoms with van der Waals surface area (Å²) in [7, 11) is -3.81. The number of benzene rings is 2. The van der Waals surface area contributed by atoms with Crippen molar-refractivity contribution in [2.75, 3.05) is 13.2 Å². The van der Waals surface area contributed by atoms with E-state index in [-0.39, 0.29) is 11.1 Å². The van der Waals surface area contributed by atoms with Gasteiger partial charge in [-0.15, -0.1) is 4.83 Å². The van der Waals surface area contributed by atoms with Gasteiger partial charge in [0.1, 0.15) is 11.6 Å². The van der Waals surface area contributed by atoms with Crippen molar-refractivity contribution < 1.29 is 26.7 Å². The van der Waals surface area contributed by atoms with Crippen molar-refractivity contribution in [2.24, 2.45) is 0 Å². The molecule has 9 heteroatoms. The number of carbonyl (C=O) groups is 1. The van der Waals surface area contributed by atoms with Crippen molar-refractivity contribution in [1.29, 1.82) is 0 Å². The highest BCUT2D eigenvalue weighted by atomic mass is 32.2. The topological polar surface area (TPSA) is 84.5 Å². The number of aryl methyl sites for hydroxylation is 1. The molecule has 0 spiro atoms. The second-order valence-electron chi connectivity index (χ2n) is 6.58. The Labute approximate surface area is 161 Å². The van der Waals surface area contributed by atoms with Gasteiger partial charge in [0.15, 0.2) is 0 Å². The van der Waals surface area contributed by atoms with Gasteiger partial charge in [-0.2, -0.15) is 0 Å². The standard InChI is InChI=1S/C19H20F2N2O4S/c1-12-9-14(13-3-2-4-15(20)10-13)11-17(18(12)21)19(24)22-23-28(25,26)16-5-7-27-8-6-16/h2-4,9-11,16,23H,5-8H2,1H3,(H,22,24). The van der Waals surface area contributed by atoms with Crippen molar-refractivity contribution in [3.63, 3.8) is 0 Å². The predicted octanol–water partition coefficient (Wildman–Crippen LogP) is 2.68. The van der Waals surface area contributed by atoms with Gasteiger partial charge < -0.3 is 4.74 Å². The molecular weight excluding hydrogens is 390 g/mol. The molecule has 28 heavy (non-hydrogen) atoms. The summed E-state index contributed by atoms with van der Waals surface area (Å²) in [5, 5.41) is -0.688. The maximum Gasteiger partial charge on any atom is 0.269 e. The number of hydrogen-bond donors (Lipinski definition) is 2. The molecule has 150 valence electrons. The van der Waals surface area contributed by atoms with Gasteiger partial charge in [-0.3, -0.25) is 10.2 Å². The molecule has 1 fully saturated rings. The molecule has 0 atom stereocenters. The van der Waals surface area contributed by atoms with Crippen LogP contribution in [0.3, 0.4) is 0 Å². The lowest BCUT2D eigenvalue weighted by atomic mass is 9.99. The van der Waals surface area contributed by atoms with Crippen LogP contribution in [0.2, 0.25) is 0 Å². The molecule has 0 saturated carbocycles. The Balaban J connectivity index is 1.81. The Morgan fingerprint density at radius 1 is 1.11 bits per heavy atom. The second kappa shape index (κ2) is 8.34. The van der Waals surface area contributed by atoms with Gasteiger partial charge in [0, 0.05) is 13.2 Å². The molecule has 1 heterocycles. The first kappa shape index (κ1) is 20.4. The number of amides is 1. The van der Waals surface area contributed by atoms with Crippen LogP contribution in [0, 0.1) is 18.6 Å². The highest BCUT2D eigenvalue weighted by Crippen LogP contribution is 2.25. The van der Waals surface area contributed by atoms with E-state index in [1.807, 2.05) is 4.83 Å². The van der Waals surface area contributed by atoms with Crippen LogP contribution >= 0.6 is 0 Å². The van der Waals surface area contributed by atoms with Crippen LogP contribution in [0.5, 0.6) is 0 Å². The smallest absolute Gasteiger partial charge is 0.269 e. The lowest BCUT2D eigenvalue weighted by Gasteiger charge is -2.22. The third-order valence-electron chi connectivity index (χ3n) is 4.57. The van der Waals surface area contributed by atoms with Crippen molar-refractivity contribution in [3.8, 4) is 11.1 Å². The summed E-state index contributed by atoms with van der Waals surface area (Å²) >= 11 is 0. The second-order valence-corrected chi connectivity index (χ2v) is 8.54. The van der Waals surface area contributed by atoms with Crippen LogP contribution in [0.25, 0.3) is 11.1 Å². The van der Waals surface area contributed by atoms with Gasteiger partial charge in [-0.1, -0.05) is 12.1 Å². The van der Waals surface area contributed by atoms with Crippen LogP contribution in [-0.2, 0) is 14.8 Å². The molecule has 2 aromatic rings. The maximum absolute atomic E-state index is 14.5. The summed E-state index contributed by atoms with van der Waals surface area (Å²) in [6, 6.07) is 8.43. The molecule has 0 unspecified atom stereocenters. The zero-order chi connectivity index (χ0) is 20.3. The van der Waals surface area contributed by atoms with Gasteiger partial charge in [0.05, 0.1) is 10.8 Å². The van der Waals surface area contributed by atoms with E-state index in [0.717, 1.165) is 0 Å². The van der Waals surface area contributed by atoms with Gasteiger partial charge in [0.2, 0.25) is 10.0 Å². The van der Waals surface area contributed by atoms with Crippen molar-refractivity contribution in [2.45, 2.75) is 25.0 Å². The number of halogens is 2. The molecule has 2 N–H and O–H groups in total. The van der Waals surface area contributed by atoms with Gasteiger partial charge in [0.25, 0.3) is 5.91 Å². The first-order chi connectivity index (χ1) is 13.3. The molecule has 0 radical (unpaired) electrons. The summed E-state index contributed by atoms with van der Waals surface area (Å²) in [5.74, 6) is -2.17. The van der Waals surface area contributed by atoms with E-state index < -0.39 is 32.8 Å². The zero-order valence-electron chi connectivity index (χ0n) is 15.2. The first-order valence-electron chi connectivity index (χ1n) is 8.73. The summed E-state index contributed by atoms with van der Waals surface area (Å²) in [6.07, 6.45) is 0.626. The fourth-order valence-electron chi connectivity index (χ4n) is 3.02. The monoisotopic (exact) mass is 410 g/mol. The quantitative estimate of drug-likeness (QED) is 0.743. The lowest BCUT2D eigenvalue weighted by Crippen LogP contribution is -2.47. The minimum absolute atomic E-state index is 0.180. The normalized spacial score (nSPS) is 15.4. The number of rotatable bonds is 5. The Morgan fingerprint density at radius 2 is 1.82 bits per heavy atom. The largest absolute Gasteiger partial charge is 0.381 e. The fraction of sp³-hybridized carbons (Fsp3) is 0.316. The minimum atomic E-state index is -3.81. The number of sulfonamides is 1. The first-order valence-corrected chi connectivity index (χ1v) is 10.3. The third-order valence-corrected chi connectivity index (χ3v) is 6.31. The number of hydrazine groups is 1. The highest BCUT2D eigenvalue weighted by molar-refractivity contribution is 7.90. The molecule has 6 nitrogen and oxygen atoms in total. The number of ether oxygens (including phenoxy) is 1. The summed E-state index contributed by atoms with van der Waals surface area (Å²) in [5.41, 5.74) is 2.82. The van der Waals surface area contributed by atoms with E-state index in [1.165, 1.54) is 37.3 Å². The molecule has 0 aliphatic carbocycles. The van der Waals surface area contributed by atoms with Crippen LogP contribution in [0.4, 0.5) is 8.78 Å². The van der Waals surface area contributed by atoms with Crippen LogP contribution in [-0.4, -0.2) is 32.8 Å². The van der Waals surface area contributed by atoms with E-state index >= 15 is 0 Å². The molecule has 1 aliphatic rings. The van der Waals surface area contributed by atoms with Crippen molar-refractivity contribution >= 4 is 15.9 Å². The number of nitrogens with one attached hydrogen (secondary N) is 2. The summed E-state index contributed by atoms with van der Waals surface area (Å²) in [4.78, 5) is 14.5. The SMILES string of the molecule is Cc1cc(-c2cccc(F)c2)cc(C(=O)NNS(=O)(=O)C2CCOCC2)c1F. The van der Waals surface area contributed by atoms with E-state index in [2.05, 4.69) is 5.43 Å². The molecule has 1 aliphatic heterocycles.